The van der Waals surface area contributed by atoms with Gasteiger partial charge in [0.15, 0.2) is 0 Å². The fraction of sp³-hybridized carbons (Fsp3) is 0.846. The molecule has 3 N–H and O–H groups in total. The van der Waals surface area contributed by atoms with Crippen LogP contribution in [0.4, 0.5) is 0 Å². The van der Waals surface area contributed by atoms with E-state index in [-0.39, 0.29) is 5.54 Å². The van der Waals surface area contributed by atoms with E-state index in [1.165, 1.54) is 19.3 Å². The van der Waals surface area contributed by atoms with Crippen molar-refractivity contribution in [3.05, 3.63) is 0 Å². The summed E-state index contributed by atoms with van der Waals surface area (Å²) in [5, 5.41) is 3.60. The third-order valence-electron chi connectivity index (χ3n) is 3.86. The Balaban J connectivity index is 2.59. The predicted octanol–water partition coefficient (Wildman–Crippen LogP) is 1.75. The summed E-state index contributed by atoms with van der Waals surface area (Å²) in [6, 6.07) is 0. The van der Waals surface area contributed by atoms with Crippen LogP contribution in [0.3, 0.4) is 0 Å². The predicted molar refractivity (Wildman–Crippen MR) is 65.4 cm³/mol. The van der Waals surface area contributed by atoms with Crippen LogP contribution < -0.4 is 11.1 Å². The van der Waals surface area contributed by atoms with E-state index in [2.05, 4.69) is 25.1 Å². The van der Waals surface area contributed by atoms with E-state index < -0.39 is 0 Å². The minimum absolute atomic E-state index is 0.133. The molecule has 15 heavy (non-hydrogen) atoms. The molecule has 0 heterocycles. The quantitative estimate of drug-likeness (QED) is 0.546. The Morgan fingerprint density at radius 3 is 2.80 bits per heavy atom. The Kier molecular flexibility index (Phi) is 4.63. The van der Waals surface area contributed by atoms with Crippen LogP contribution in [0.1, 0.15) is 39.5 Å². The summed E-state index contributed by atoms with van der Waals surface area (Å²) in [6.45, 7) is 6.24. The molecule has 1 fully saturated rings. The summed E-state index contributed by atoms with van der Waals surface area (Å²) < 4.78 is 0. The van der Waals surface area contributed by atoms with Crippen LogP contribution in [0.5, 0.6) is 0 Å². The Bertz CT molecular complexity index is 231. The van der Waals surface area contributed by atoms with Gasteiger partial charge in [-0.15, -0.1) is 12.3 Å². The first-order valence-corrected chi connectivity index (χ1v) is 6.03. The number of hydrogen-bond donors (Lipinski definition) is 2. The van der Waals surface area contributed by atoms with Gasteiger partial charge in [-0.1, -0.05) is 20.3 Å². The lowest BCUT2D eigenvalue weighted by Gasteiger charge is -2.45. The van der Waals surface area contributed by atoms with E-state index >= 15 is 0 Å². The van der Waals surface area contributed by atoms with Gasteiger partial charge in [0.05, 0.1) is 0 Å². The van der Waals surface area contributed by atoms with Crippen molar-refractivity contribution < 1.29 is 0 Å². The van der Waals surface area contributed by atoms with Gasteiger partial charge in [0.25, 0.3) is 0 Å². The molecule has 86 valence electrons. The highest BCUT2D eigenvalue weighted by Gasteiger charge is 2.38. The smallest absolute Gasteiger partial charge is 0.0332 e. The largest absolute Gasteiger partial charge is 0.329 e. The maximum atomic E-state index is 5.96. The van der Waals surface area contributed by atoms with Gasteiger partial charge in [-0.2, -0.15) is 0 Å². The first-order chi connectivity index (χ1) is 7.14. The summed E-state index contributed by atoms with van der Waals surface area (Å²) in [5.74, 6) is 4.12. The van der Waals surface area contributed by atoms with Crippen molar-refractivity contribution in [2.75, 3.05) is 13.1 Å². The van der Waals surface area contributed by atoms with E-state index in [0.29, 0.717) is 5.92 Å². The Morgan fingerprint density at radius 2 is 2.20 bits per heavy atom. The van der Waals surface area contributed by atoms with Crippen molar-refractivity contribution in [1.29, 1.82) is 0 Å². The van der Waals surface area contributed by atoms with Gasteiger partial charge in [0.2, 0.25) is 0 Å². The highest BCUT2D eigenvalue weighted by atomic mass is 15.0. The zero-order valence-corrected chi connectivity index (χ0v) is 10.1. The second-order valence-electron chi connectivity index (χ2n) is 5.03. The van der Waals surface area contributed by atoms with Gasteiger partial charge in [-0.25, -0.2) is 0 Å². The summed E-state index contributed by atoms with van der Waals surface area (Å²) in [7, 11) is 0. The molecule has 1 aliphatic carbocycles. The fourth-order valence-electron chi connectivity index (χ4n) is 2.72. The molecule has 0 aromatic carbocycles. The van der Waals surface area contributed by atoms with Crippen LogP contribution in [-0.2, 0) is 0 Å². The summed E-state index contributed by atoms with van der Waals surface area (Å²) in [6.07, 6.45) is 9.87. The van der Waals surface area contributed by atoms with Gasteiger partial charge in [-0.3, -0.25) is 0 Å². The Hall–Kier alpha value is -0.520. The third kappa shape index (κ3) is 2.96. The van der Waals surface area contributed by atoms with E-state index in [0.717, 1.165) is 25.4 Å². The number of nitrogens with two attached hydrogens (primary N) is 1. The molecule has 2 heteroatoms. The van der Waals surface area contributed by atoms with Crippen LogP contribution in [0.2, 0.25) is 0 Å². The molecular weight excluding hydrogens is 184 g/mol. The summed E-state index contributed by atoms with van der Waals surface area (Å²) in [4.78, 5) is 0. The zero-order valence-electron chi connectivity index (χ0n) is 10.1. The molecule has 2 nitrogen and oxygen atoms in total. The molecule has 0 aliphatic heterocycles. The van der Waals surface area contributed by atoms with Crippen LogP contribution in [0.25, 0.3) is 0 Å². The first-order valence-electron chi connectivity index (χ1n) is 6.03. The molecule has 0 aromatic rings. The molecule has 3 unspecified atom stereocenters. The minimum Gasteiger partial charge on any atom is -0.329 e. The summed E-state index contributed by atoms with van der Waals surface area (Å²) in [5.41, 5.74) is 6.09. The number of hydrogen-bond acceptors (Lipinski definition) is 2. The van der Waals surface area contributed by atoms with Gasteiger partial charge in [0.1, 0.15) is 0 Å². The number of rotatable bonds is 4. The van der Waals surface area contributed by atoms with Crippen LogP contribution in [-0.4, -0.2) is 18.6 Å². The molecule has 0 amide bonds. The van der Waals surface area contributed by atoms with Gasteiger partial charge in [0, 0.05) is 25.0 Å². The summed E-state index contributed by atoms with van der Waals surface area (Å²) >= 11 is 0. The molecule has 1 rings (SSSR count). The maximum absolute atomic E-state index is 5.96. The van der Waals surface area contributed by atoms with E-state index in [1.54, 1.807) is 0 Å². The average Bonchev–Trinajstić information content (AvgIpc) is 2.23. The minimum atomic E-state index is 0.133. The van der Waals surface area contributed by atoms with E-state index in [4.69, 9.17) is 12.2 Å². The molecule has 3 atom stereocenters. The van der Waals surface area contributed by atoms with E-state index in [1.807, 2.05) is 0 Å². The van der Waals surface area contributed by atoms with Crippen molar-refractivity contribution in [3.8, 4) is 12.3 Å². The molecule has 0 radical (unpaired) electrons. The molecule has 0 saturated heterocycles. The third-order valence-corrected chi connectivity index (χ3v) is 3.86. The average molecular weight is 208 g/mol. The molecule has 0 bridgehead atoms. The van der Waals surface area contributed by atoms with Crippen LogP contribution in [0.15, 0.2) is 0 Å². The number of terminal acetylenes is 1. The Labute approximate surface area is 94.0 Å². The zero-order chi connectivity index (χ0) is 11.3. The topological polar surface area (TPSA) is 38.0 Å². The standard InChI is InChI=1S/C13H24N2/c1-4-5-8-15-13(10-14)9-11(2)6-7-12(13)3/h1,11-12,15H,5-10,14H2,2-3H3. The first kappa shape index (κ1) is 12.5. The molecule has 0 aromatic heterocycles. The molecular formula is C13H24N2. The monoisotopic (exact) mass is 208 g/mol. The fourth-order valence-corrected chi connectivity index (χ4v) is 2.72. The van der Waals surface area contributed by atoms with Crippen molar-refractivity contribution in [2.45, 2.75) is 45.1 Å². The maximum Gasteiger partial charge on any atom is 0.0332 e. The normalized spacial score (nSPS) is 36.1. The Morgan fingerprint density at radius 1 is 1.47 bits per heavy atom. The number of nitrogens with one attached hydrogen (secondary N) is 1. The van der Waals surface area contributed by atoms with Crippen molar-refractivity contribution in [2.24, 2.45) is 17.6 Å². The van der Waals surface area contributed by atoms with Crippen molar-refractivity contribution >= 4 is 0 Å². The lowest BCUT2D eigenvalue weighted by Crippen LogP contribution is -2.58. The lowest BCUT2D eigenvalue weighted by atomic mass is 9.69. The molecule has 1 saturated carbocycles. The van der Waals surface area contributed by atoms with Crippen molar-refractivity contribution in [1.82, 2.24) is 5.32 Å². The second kappa shape index (κ2) is 5.53. The van der Waals surface area contributed by atoms with Crippen molar-refractivity contribution in [3.63, 3.8) is 0 Å². The molecule has 1 aliphatic rings. The highest BCUT2D eigenvalue weighted by Crippen LogP contribution is 2.36. The lowest BCUT2D eigenvalue weighted by molar-refractivity contribution is 0.128. The molecule has 0 spiro atoms. The van der Waals surface area contributed by atoms with Gasteiger partial charge < -0.3 is 11.1 Å². The van der Waals surface area contributed by atoms with Gasteiger partial charge >= 0.3 is 0 Å². The van der Waals surface area contributed by atoms with Crippen LogP contribution in [0, 0.1) is 24.2 Å². The SMILES string of the molecule is C#CCCNC1(CN)CC(C)CCC1C. The highest BCUT2D eigenvalue weighted by molar-refractivity contribution is 4.99. The van der Waals surface area contributed by atoms with Crippen LogP contribution >= 0.6 is 0 Å². The second-order valence-corrected chi connectivity index (χ2v) is 5.03. The van der Waals surface area contributed by atoms with E-state index in [9.17, 15) is 0 Å². The van der Waals surface area contributed by atoms with Gasteiger partial charge in [-0.05, 0) is 24.7 Å².